The summed E-state index contributed by atoms with van der Waals surface area (Å²) in [5, 5.41) is 12.4. The first kappa shape index (κ1) is 18.5. The summed E-state index contributed by atoms with van der Waals surface area (Å²) in [6, 6.07) is 9.46. The maximum absolute atomic E-state index is 12.3. The van der Waals surface area contributed by atoms with Gasteiger partial charge in [0.2, 0.25) is 5.91 Å². The fraction of sp³-hybridized carbons (Fsp3) is 0.316. The smallest absolute Gasteiger partial charge is 0.251 e. The molecule has 2 aromatic rings. The van der Waals surface area contributed by atoms with Crippen LogP contribution in [-0.4, -0.2) is 17.6 Å². The molecule has 1 aliphatic carbocycles. The lowest BCUT2D eigenvalue weighted by atomic mass is 9.95. The van der Waals surface area contributed by atoms with Crippen LogP contribution in [0.4, 0.5) is 5.00 Å². The zero-order chi connectivity index (χ0) is 18.5. The number of aryl methyl sites for hydroxylation is 1. The van der Waals surface area contributed by atoms with Crippen LogP contribution in [0.2, 0.25) is 0 Å². The first-order valence-corrected chi connectivity index (χ1v) is 10.4. The number of nitrogens with two attached hydrogens (primary N) is 1. The molecule has 1 aromatic carbocycles. The van der Waals surface area contributed by atoms with Gasteiger partial charge in [-0.05, 0) is 48.9 Å². The van der Waals surface area contributed by atoms with Crippen LogP contribution in [0.3, 0.4) is 0 Å². The van der Waals surface area contributed by atoms with Gasteiger partial charge in [0.05, 0.1) is 22.9 Å². The predicted octanol–water partition coefficient (Wildman–Crippen LogP) is 3.47. The van der Waals surface area contributed by atoms with Crippen LogP contribution in [0.5, 0.6) is 0 Å². The number of benzene rings is 1. The fourth-order valence-corrected chi connectivity index (χ4v) is 5.16. The molecule has 7 heteroatoms. The van der Waals surface area contributed by atoms with E-state index < -0.39 is 5.91 Å². The number of thioether (sulfide) groups is 1. The van der Waals surface area contributed by atoms with Gasteiger partial charge in [0.25, 0.3) is 5.91 Å². The lowest BCUT2D eigenvalue weighted by Crippen LogP contribution is -2.19. The molecule has 1 heterocycles. The summed E-state index contributed by atoms with van der Waals surface area (Å²) in [4.78, 5) is 25.3. The number of hydrogen-bond donors (Lipinski definition) is 2. The highest BCUT2D eigenvalue weighted by molar-refractivity contribution is 7.99. The van der Waals surface area contributed by atoms with E-state index in [0.717, 1.165) is 36.8 Å². The molecule has 0 fully saturated rings. The molecule has 134 valence electrons. The van der Waals surface area contributed by atoms with Gasteiger partial charge in [-0.1, -0.05) is 12.1 Å². The molecule has 0 radical (unpaired) electrons. The molecule has 3 rings (SSSR count). The third-order valence-corrected chi connectivity index (χ3v) is 6.44. The normalized spacial score (nSPS) is 12.9. The average molecular weight is 386 g/mol. The van der Waals surface area contributed by atoms with Crippen LogP contribution in [0.1, 0.15) is 44.8 Å². The highest BCUT2D eigenvalue weighted by atomic mass is 32.2. The number of nitrogens with one attached hydrogen (secondary N) is 1. The van der Waals surface area contributed by atoms with Crippen molar-refractivity contribution in [3.63, 3.8) is 0 Å². The maximum atomic E-state index is 12.3. The van der Waals surface area contributed by atoms with Gasteiger partial charge in [0.15, 0.2) is 0 Å². The Labute approximate surface area is 160 Å². The quantitative estimate of drug-likeness (QED) is 0.796. The molecular formula is C19H19N3O2S2. The third-order valence-electron chi connectivity index (χ3n) is 4.23. The van der Waals surface area contributed by atoms with Crippen molar-refractivity contribution in [1.29, 1.82) is 5.26 Å². The van der Waals surface area contributed by atoms with Gasteiger partial charge in [0.1, 0.15) is 5.00 Å². The molecule has 26 heavy (non-hydrogen) atoms. The molecular weight excluding hydrogens is 366 g/mol. The molecule has 3 N–H and O–H groups in total. The number of nitriles is 1. The second-order valence-corrected chi connectivity index (χ2v) is 8.22. The van der Waals surface area contributed by atoms with Crippen LogP contribution >= 0.6 is 23.1 Å². The summed E-state index contributed by atoms with van der Waals surface area (Å²) < 4.78 is 0. The largest absolute Gasteiger partial charge is 0.365 e. The van der Waals surface area contributed by atoms with Crippen LogP contribution < -0.4 is 11.1 Å². The number of rotatable bonds is 6. The van der Waals surface area contributed by atoms with Gasteiger partial charge in [-0.2, -0.15) is 5.26 Å². The Bertz CT molecular complexity index is 883. The van der Waals surface area contributed by atoms with Crippen molar-refractivity contribution in [3.05, 3.63) is 51.4 Å². The van der Waals surface area contributed by atoms with Crippen molar-refractivity contribution < 1.29 is 9.59 Å². The highest BCUT2D eigenvalue weighted by Gasteiger charge is 2.24. The van der Waals surface area contributed by atoms with E-state index in [1.165, 1.54) is 28.0 Å². The predicted molar refractivity (Wildman–Crippen MR) is 105 cm³/mol. The standard InChI is InChI=1S/C19H19N3O2S2/c20-9-12-4-3-5-13(8-12)10-25-11-16(23)22-19-17(18(21)24)14-6-1-2-7-15(14)26-19/h3-5,8H,1-2,6-7,10-11H2,(H2,21,24)(H,22,23). The first-order valence-electron chi connectivity index (χ1n) is 8.39. The third kappa shape index (κ3) is 4.26. The molecule has 0 atom stereocenters. The fourth-order valence-electron chi connectivity index (χ4n) is 3.07. The van der Waals surface area contributed by atoms with E-state index in [2.05, 4.69) is 11.4 Å². The molecule has 0 unspecified atom stereocenters. The number of carbonyl (C=O) groups is 2. The topological polar surface area (TPSA) is 96.0 Å². The van der Waals surface area contributed by atoms with Crippen molar-refractivity contribution in [3.8, 4) is 6.07 Å². The molecule has 0 spiro atoms. The van der Waals surface area contributed by atoms with Crippen LogP contribution in [0, 0.1) is 11.3 Å². The first-order chi connectivity index (χ1) is 12.6. The minimum absolute atomic E-state index is 0.146. The lowest BCUT2D eigenvalue weighted by molar-refractivity contribution is -0.113. The molecule has 0 saturated carbocycles. The second kappa shape index (κ2) is 8.39. The van der Waals surface area contributed by atoms with Crippen LogP contribution in [0.25, 0.3) is 0 Å². The molecule has 1 aliphatic rings. The van der Waals surface area contributed by atoms with Gasteiger partial charge in [-0.3, -0.25) is 9.59 Å². The highest BCUT2D eigenvalue weighted by Crippen LogP contribution is 2.37. The minimum Gasteiger partial charge on any atom is -0.365 e. The Morgan fingerprint density at radius 2 is 2.12 bits per heavy atom. The summed E-state index contributed by atoms with van der Waals surface area (Å²) >= 11 is 2.94. The SMILES string of the molecule is N#Cc1cccc(CSCC(=O)Nc2sc3c(c2C(N)=O)CCCC3)c1. The molecule has 0 aliphatic heterocycles. The number of primary amides is 1. The number of amides is 2. The lowest BCUT2D eigenvalue weighted by Gasteiger charge is -2.11. The van der Waals surface area contributed by atoms with Crippen molar-refractivity contribution >= 4 is 39.9 Å². The Kier molecular flexibility index (Phi) is 5.96. The monoisotopic (exact) mass is 385 g/mol. The van der Waals surface area contributed by atoms with Gasteiger partial charge in [-0.25, -0.2) is 0 Å². The maximum Gasteiger partial charge on any atom is 0.251 e. The number of fused-ring (bicyclic) bond motifs is 1. The van der Waals surface area contributed by atoms with E-state index in [1.54, 1.807) is 6.07 Å². The number of thiophene rings is 1. The van der Waals surface area contributed by atoms with Crippen molar-refractivity contribution in [1.82, 2.24) is 0 Å². The van der Waals surface area contributed by atoms with E-state index >= 15 is 0 Å². The molecule has 0 bridgehead atoms. The summed E-state index contributed by atoms with van der Waals surface area (Å²) in [6.45, 7) is 0. The Morgan fingerprint density at radius 3 is 2.88 bits per heavy atom. The molecule has 2 amide bonds. The van der Waals surface area contributed by atoms with E-state index in [1.807, 2.05) is 18.2 Å². The molecule has 1 aromatic heterocycles. The Hall–Kier alpha value is -2.30. The Morgan fingerprint density at radius 1 is 1.31 bits per heavy atom. The molecule has 0 saturated heterocycles. The van der Waals surface area contributed by atoms with Crippen LogP contribution in [0.15, 0.2) is 24.3 Å². The van der Waals surface area contributed by atoms with Crippen molar-refractivity contribution in [2.24, 2.45) is 5.73 Å². The van der Waals surface area contributed by atoms with Gasteiger partial charge in [-0.15, -0.1) is 23.1 Å². The van der Waals surface area contributed by atoms with Crippen molar-refractivity contribution in [2.75, 3.05) is 11.1 Å². The number of hydrogen-bond acceptors (Lipinski definition) is 5. The number of carbonyl (C=O) groups excluding carboxylic acids is 2. The van der Waals surface area contributed by atoms with E-state index in [9.17, 15) is 9.59 Å². The average Bonchev–Trinajstić information content (AvgIpc) is 2.99. The Balaban J connectivity index is 1.61. The van der Waals surface area contributed by atoms with Gasteiger partial charge < -0.3 is 11.1 Å². The summed E-state index contributed by atoms with van der Waals surface area (Å²) in [6.07, 6.45) is 3.95. The summed E-state index contributed by atoms with van der Waals surface area (Å²) in [5.41, 5.74) is 8.68. The van der Waals surface area contributed by atoms with Gasteiger partial charge >= 0.3 is 0 Å². The number of nitrogens with zero attached hydrogens (tertiary/aromatic N) is 1. The number of anilines is 1. The van der Waals surface area contributed by atoms with E-state index in [-0.39, 0.29) is 11.7 Å². The minimum atomic E-state index is -0.472. The van der Waals surface area contributed by atoms with Crippen LogP contribution in [-0.2, 0) is 23.4 Å². The van der Waals surface area contributed by atoms with E-state index in [0.29, 0.717) is 21.9 Å². The zero-order valence-electron chi connectivity index (χ0n) is 14.2. The molecule has 5 nitrogen and oxygen atoms in total. The summed E-state index contributed by atoms with van der Waals surface area (Å²) in [7, 11) is 0. The summed E-state index contributed by atoms with van der Waals surface area (Å²) in [5.74, 6) is 0.303. The van der Waals surface area contributed by atoms with Crippen molar-refractivity contribution in [2.45, 2.75) is 31.4 Å². The second-order valence-electron chi connectivity index (χ2n) is 6.13. The van der Waals surface area contributed by atoms with E-state index in [4.69, 9.17) is 11.0 Å². The van der Waals surface area contributed by atoms with Gasteiger partial charge in [0, 0.05) is 10.6 Å². The zero-order valence-corrected chi connectivity index (χ0v) is 15.8.